The number of aliphatic hydroxyl groups excluding tert-OH is 1. The van der Waals surface area contributed by atoms with E-state index < -0.39 is 5.60 Å². The Morgan fingerprint density at radius 3 is 2.00 bits per heavy atom. The van der Waals surface area contributed by atoms with Gasteiger partial charge < -0.3 is 10.2 Å². The molecule has 1 rings (SSSR count). The Hall–Kier alpha value is -0.860. The molecule has 78 valence electrons. The Balaban J connectivity index is 2.52. The molecule has 0 atom stereocenters. The number of rotatable bonds is 4. The van der Waals surface area contributed by atoms with Gasteiger partial charge in [-0.2, -0.15) is 0 Å². The first-order valence-electron chi connectivity index (χ1n) is 4.92. The predicted octanol–water partition coefficient (Wildman–Crippen LogP) is 1.88. The molecule has 2 N–H and O–H groups in total. The third-order valence-corrected chi connectivity index (χ3v) is 2.23. The fourth-order valence-electron chi connectivity index (χ4n) is 1.26. The molecule has 1 aromatic carbocycles. The Morgan fingerprint density at radius 2 is 1.57 bits per heavy atom. The van der Waals surface area contributed by atoms with Crippen molar-refractivity contribution in [3.8, 4) is 0 Å². The minimum atomic E-state index is -0.602. The summed E-state index contributed by atoms with van der Waals surface area (Å²) in [7, 11) is 0. The zero-order valence-corrected chi connectivity index (χ0v) is 8.83. The minimum Gasteiger partial charge on any atom is -0.392 e. The van der Waals surface area contributed by atoms with Crippen molar-refractivity contribution in [1.29, 1.82) is 0 Å². The van der Waals surface area contributed by atoms with Gasteiger partial charge in [0.15, 0.2) is 0 Å². The fraction of sp³-hybridized carbons (Fsp3) is 0.500. The van der Waals surface area contributed by atoms with E-state index in [9.17, 15) is 5.11 Å². The van der Waals surface area contributed by atoms with Crippen LogP contribution in [0.2, 0.25) is 0 Å². The van der Waals surface area contributed by atoms with E-state index in [1.807, 2.05) is 38.1 Å². The number of aryl methyl sites for hydroxylation is 1. The van der Waals surface area contributed by atoms with Gasteiger partial charge in [0, 0.05) is 0 Å². The van der Waals surface area contributed by atoms with Crippen molar-refractivity contribution in [2.75, 3.05) is 0 Å². The molecule has 14 heavy (non-hydrogen) atoms. The van der Waals surface area contributed by atoms with Crippen LogP contribution in [0, 0.1) is 0 Å². The van der Waals surface area contributed by atoms with Crippen LogP contribution in [0.3, 0.4) is 0 Å². The van der Waals surface area contributed by atoms with Crippen LogP contribution in [0.5, 0.6) is 0 Å². The molecular formula is C12H18O2. The van der Waals surface area contributed by atoms with E-state index in [2.05, 4.69) is 0 Å². The summed E-state index contributed by atoms with van der Waals surface area (Å²) in [6.45, 7) is 3.72. The lowest BCUT2D eigenvalue weighted by molar-refractivity contribution is 0.0714. The van der Waals surface area contributed by atoms with E-state index in [1.165, 1.54) is 5.56 Å². The van der Waals surface area contributed by atoms with Crippen molar-refractivity contribution in [1.82, 2.24) is 0 Å². The monoisotopic (exact) mass is 194 g/mol. The van der Waals surface area contributed by atoms with Gasteiger partial charge in [-0.1, -0.05) is 24.3 Å². The summed E-state index contributed by atoms with van der Waals surface area (Å²) in [6, 6.07) is 7.83. The first-order valence-corrected chi connectivity index (χ1v) is 4.92. The highest BCUT2D eigenvalue weighted by atomic mass is 16.3. The molecule has 0 aromatic heterocycles. The lowest BCUT2D eigenvalue weighted by Gasteiger charge is -2.16. The molecule has 0 aliphatic carbocycles. The largest absolute Gasteiger partial charge is 0.392 e. The van der Waals surface area contributed by atoms with Gasteiger partial charge in [-0.25, -0.2) is 0 Å². The molecule has 0 aliphatic rings. The molecule has 1 aromatic rings. The van der Waals surface area contributed by atoms with Gasteiger partial charge in [-0.15, -0.1) is 0 Å². The zero-order valence-electron chi connectivity index (χ0n) is 8.83. The molecule has 0 spiro atoms. The van der Waals surface area contributed by atoms with Crippen LogP contribution in [-0.4, -0.2) is 15.8 Å². The van der Waals surface area contributed by atoms with Crippen LogP contribution in [0.4, 0.5) is 0 Å². The van der Waals surface area contributed by atoms with Gasteiger partial charge in [0.2, 0.25) is 0 Å². The summed E-state index contributed by atoms with van der Waals surface area (Å²) in [5, 5.41) is 18.4. The van der Waals surface area contributed by atoms with E-state index in [0.717, 1.165) is 18.4 Å². The molecule has 0 unspecified atom stereocenters. The normalized spacial score (nSPS) is 11.7. The minimum absolute atomic E-state index is 0.0891. The van der Waals surface area contributed by atoms with Crippen LogP contribution in [0.15, 0.2) is 24.3 Å². The molecule has 0 heterocycles. The highest BCUT2D eigenvalue weighted by Crippen LogP contribution is 2.13. The lowest BCUT2D eigenvalue weighted by atomic mass is 9.98. The maximum atomic E-state index is 9.54. The topological polar surface area (TPSA) is 40.5 Å². The number of hydrogen-bond donors (Lipinski definition) is 2. The molecule has 0 saturated carbocycles. The van der Waals surface area contributed by atoms with Crippen LogP contribution in [0.25, 0.3) is 0 Å². The van der Waals surface area contributed by atoms with E-state index in [-0.39, 0.29) is 6.61 Å². The third kappa shape index (κ3) is 3.90. The fourth-order valence-corrected chi connectivity index (χ4v) is 1.26. The van der Waals surface area contributed by atoms with Crippen molar-refractivity contribution in [3.63, 3.8) is 0 Å². The van der Waals surface area contributed by atoms with Crippen molar-refractivity contribution >= 4 is 0 Å². The smallest absolute Gasteiger partial charge is 0.0681 e. The average Bonchev–Trinajstić information content (AvgIpc) is 2.14. The second-order valence-electron chi connectivity index (χ2n) is 4.29. The number of aliphatic hydroxyl groups is 2. The highest BCUT2D eigenvalue weighted by Gasteiger charge is 2.11. The lowest BCUT2D eigenvalue weighted by Crippen LogP contribution is -2.19. The molecule has 0 amide bonds. The highest BCUT2D eigenvalue weighted by molar-refractivity contribution is 5.22. The van der Waals surface area contributed by atoms with Crippen LogP contribution in [0.1, 0.15) is 31.4 Å². The maximum absolute atomic E-state index is 9.54. The molecule has 2 nitrogen and oxygen atoms in total. The summed E-state index contributed by atoms with van der Waals surface area (Å²) in [6.07, 6.45) is 1.63. The second-order valence-corrected chi connectivity index (χ2v) is 4.29. The van der Waals surface area contributed by atoms with Gasteiger partial charge in [-0.3, -0.25) is 0 Å². The van der Waals surface area contributed by atoms with Crippen LogP contribution >= 0.6 is 0 Å². The van der Waals surface area contributed by atoms with Crippen molar-refractivity contribution in [2.24, 2.45) is 0 Å². The first kappa shape index (κ1) is 11.2. The number of hydrogen-bond acceptors (Lipinski definition) is 2. The zero-order chi connectivity index (χ0) is 10.6. The summed E-state index contributed by atoms with van der Waals surface area (Å²) in [5.74, 6) is 0. The third-order valence-electron chi connectivity index (χ3n) is 2.23. The Kier molecular flexibility index (Phi) is 3.67. The Morgan fingerprint density at radius 1 is 1.07 bits per heavy atom. The summed E-state index contributed by atoms with van der Waals surface area (Å²) in [5.41, 5.74) is 1.52. The second kappa shape index (κ2) is 4.58. The molecule has 0 bridgehead atoms. The molecular weight excluding hydrogens is 176 g/mol. The van der Waals surface area contributed by atoms with Gasteiger partial charge >= 0.3 is 0 Å². The van der Waals surface area contributed by atoms with Crippen molar-refractivity contribution < 1.29 is 10.2 Å². The maximum Gasteiger partial charge on any atom is 0.0681 e. The van der Waals surface area contributed by atoms with E-state index >= 15 is 0 Å². The molecule has 0 saturated heterocycles. The molecule has 2 heteroatoms. The average molecular weight is 194 g/mol. The summed E-state index contributed by atoms with van der Waals surface area (Å²) < 4.78 is 0. The Labute approximate surface area is 85.2 Å². The van der Waals surface area contributed by atoms with Gasteiger partial charge in [0.25, 0.3) is 0 Å². The Bertz CT molecular complexity index is 269. The van der Waals surface area contributed by atoms with E-state index in [4.69, 9.17) is 5.11 Å². The molecule has 0 aliphatic heterocycles. The number of benzene rings is 1. The SMILES string of the molecule is CC(C)(O)CCc1ccc(CO)cc1. The quantitative estimate of drug-likeness (QED) is 0.768. The molecule has 0 fully saturated rings. The van der Waals surface area contributed by atoms with Crippen LogP contribution in [-0.2, 0) is 13.0 Å². The summed E-state index contributed by atoms with van der Waals surface area (Å²) in [4.78, 5) is 0. The van der Waals surface area contributed by atoms with E-state index in [0.29, 0.717) is 0 Å². The van der Waals surface area contributed by atoms with E-state index in [1.54, 1.807) is 0 Å². The first-order chi connectivity index (χ1) is 6.51. The van der Waals surface area contributed by atoms with Gasteiger partial charge in [-0.05, 0) is 37.8 Å². The molecule has 0 radical (unpaired) electrons. The van der Waals surface area contributed by atoms with Crippen molar-refractivity contribution in [3.05, 3.63) is 35.4 Å². The van der Waals surface area contributed by atoms with Crippen LogP contribution < -0.4 is 0 Å². The van der Waals surface area contributed by atoms with Gasteiger partial charge in [0.05, 0.1) is 12.2 Å². The summed E-state index contributed by atoms with van der Waals surface area (Å²) >= 11 is 0. The predicted molar refractivity (Wildman–Crippen MR) is 57.0 cm³/mol. The standard InChI is InChI=1S/C12H18O2/c1-12(2,14)8-7-10-3-5-11(9-13)6-4-10/h3-6,13-14H,7-9H2,1-2H3. The van der Waals surface area contributed by atoms with Crippen molar-refractivity contribution in [2.45, 2.75) is 38.9 Å². The van der Waals surface area contributed by atoms with Gasteiger partial charge in [0.1, 0.15) is 0 Å².